The Hall–Kier alpha value is -1.02. The fourth-order valence-electron chi connectivity index (χ4n) is 3.49. The molecule has 2 bridgehead atoms. The highest BCUT2D eigenvalue weighted by Gasteiger charge is 2.38. The first-order valence-corrected chi connectivity index (χ1v) is 6.71. The molecule has 92 valence electrons. The Morgan fingerprint density at radius 2 is 2.00 bits per heavy atom. The predicted octanol–water partition coefficient (Wildman–Crippen LogP) is 2.97. The zero-order valence-electron chi connectivity index (χ0n) is 10.5. The molecular formula is C15H21NO. The van der Waals surface area contributed by atoms with Gasteiger partial charge in [-0.05, 0) is 48.8 Å². The zero-order valence-corrected chi connectivity index (χ0v) is 10.5. The van der Waals surface area contributed by atoms with Crippen LogP contribution in [0.25, 0.3) is 0 Å². The molecule has 1 aromatic carbocycles. The van der Waals surface area contributed by atoms with Crippen LogP contribution >= 0.6 is 0 Å². The summed E-state index contributed by atoms with van der Waals surface area (Å²) in [7, 11) is 1.71. The summed E-state index contributed by atoms with van der Waals surface area (Å²) in [5.41, 5.74) is 1.36. The van der Waals surface area contributed by atoms with Crippen LogP contribution in [0, 0.1) is 11.8 Å². The van der Waals surface area contributed by atoms with Crippen LogP contribution in [0.3, 0.4) is 0 Å². The highest BCUT2D eigenvalue weighted by molar-refractivity contribution is 5.27. The van der Waals surface area contributed by atoms with E-state index in [1.54, 1.807) is 7.11 Å². The van der Waals surface area contributed by atoms with Gasteiger partial charge in [-0.25, -0.2) is 0 Å². The summed E-state index contributed by atoms with van der Waals surface area (Å²) in [6.45, 7) is 0.998. The van der Waals surface area contributed by atoms with Crippen molar-refractivity contribution in [3.63, 3.8) is 0 Å². The smallest absolute Gasteiger partial charge is 0.118 e. The molecule has 3 atom stereocenters. The average Bonchev–Trinajstić information content (AvgIpc) is 2.99. The monoisotopic (exact) mass is 231 g/mol. The van der Waals surface area contributed by atoms with Gasteiger partial charge in [0.1, 0.15) is 5.75 Å². The molecule has 2 aliphatic carbocycles. The van der Waals surface area contributed by atoms with E-state index >= 15 is 0 Å². The molecule has 2 saturated carbocycles. The Morgan fingerprint density at radius 3 is 2.59 bits per heavy atom. The second-order valence-corrected chi connectivity index (χ2v) is 5.51. The van der Waals surface area contributed by atoms with Crippen LogP contribution in [0.5, 0.6) is 5.75 Å². The molecule has 2 nitrogen and oxygen atoms in total. The Balaban J connectivity index is 1.53. The molecule has 0 radical (unpaired) electrons. The molecule has 3 unspecified atom stereocenters. The van der Waals surface area contributed by atoms with E-state index in [9.17, 15) is 0 Å². The van der Waals surface area contributed by atoms with Gasteiger partial charge in [0.25, 0.3) is 0 Å². The zero-order chi connectivity index (χ0) is 11.7. The van der Waals surface area contributed by atoms with Gasteiger partial charge in [-0.2, -0.15) is 0 Å². The minimum Gasteiger partial charge on any atom is -0.497 e. The third-order valence-corrected chi connectivity index (χ3v) is 4.47. The topological polar surface area (TPSA) is 21.3 Å². The van der Waals surface area contributed by atoms with Gasteiger partial charge < -0.3 is 10.1 Å². The standard InChI is InChI=1S/C15H21NO/c1-17-14-6-3-11(4-7-14)10-16-15-9-12-2-5-13(15)8-12/h3-4,6-7,12-13,15-16H,2,5,8-10H2,1H3. The molecule has 2 heteroatoms. The number of benzene rings is 1. The molecule has 0 aliphatic heterocycles. The normalized spacial score (nSPS) is 30.8. The lowest BCUT2D eigenvalue weighted by atomic mass is 9.95. The Bertz CT molecular complexity index is 373. The van der Waals surface area contributed by atoms with Crippen molar-refractivity contribution in [2.24, 2.45) is 11.8 Å². The maximum atomic E-state index is 5.17. The molecular weight excluding hydrogens is 210 g/mol. The van der Waals surface area contributed by atoms with Crippen LogP contribution in [0.15, 0.2) is 24.3 Å². The van der Waals surface area contributed by atoms with Crippen LogP contribution < -0.4 is 10.1 Å². The van der Waals surface area contributed by atoms with Gasteiger partial charge in [-0.3, -0.25) is 0 Å². The maximum absolute atomic E-state index is 5.17. The number of ether oxygens (including phenoxy) is 1. The second-order valence-electron chi connectivity index (χ2n) is 5.51. The van der Waals surface area contributed by atoms with E-state index in [2.05, 4.69) is 17.4 Å². The van der Waals surface area contributed by atoms with Crippen molar-refractivity contribution in [1.29, 1.82) is 0 Å². The molecule has 17 heavy (non-hydrogen) atoms. The van der Waals surface area contributed by atoms with Crippen LogP contribution in [-0.4, -0.2) is 13.2 Å². The Labute approximate surface area is 103 Å². The molecule has 0 aromatic heterocycles. The van der Waals surface area contributed by atoms with Gasteiger partial charge in [-0.15, -0.1) is 0 Å². The number of rotatable bonds is 4. The van der Waals surface area contributed by atoms with Crippen molar-refractivity contribution >= 4 is 0 Å². The third-order valence-electron chi connectivity index (χ3n) is 4.47. The van der Waals surface area contributed by atoms with Gasteiger partial charge in [0, 0.05) is 12.6 Å². The fourth-order valence-corrected chi connectivity index (χ4v) is 3.49. The lowest BCUT2D eigenvalue weighted by Crippen LogP contribution is -2.33. The summed E-state index contributed by atoms with van der Waals surface area (Å²) in [4.78, 5) is 0. The molecule has 0 heterocycles. The van der Waals surface area contributed by atoms with Gasteiger partial charge in [0.15, 0.2) is 0 Å². The third kappa shape index (κ3) is 2.32. The van der Waals surface area contributed by atoms with Crippen molar-refractivity contribution in [2.45, 2.75) is 38.3 Å². The molecule has 0 amide bonds. The summed E-state index contributed by atoms with van der Waals surface area (Å²) >= 11 is 0. The van der Waals surface area contributed by atoms with Crippen LogP contribution in [0.1, 0.15) is 31.2 Å². The highest BCUT2D eigenvalue weighted by atomic mass is 16.5. The molecule has 0 saturated heterocycles. The van der Waals surface area contributed by atoms with E-state index in [0.717, 1.165) is 30.2 Å². The first kappa shape index (κ1) is 11.1. The summed E-state index contributed by atoms with van der Waals surface area (Å²) in [6, 6.07) is 9.16. The molecule has 2 aliphatic rings. The van der Waals surface area contributed by atoms with E-state index in [1.165, 1.54) is 31.2 Å². The second kappa shape index (κ2) is 4.69. The summed E-state index contributed by atoms with van der Waals surface area (Å²) < 4.78 is 5.17. The molecule has 2 fully saturated rings. The van der Waals surface area contributed by atoms with Crippen molar-refractivity contribution in [3.05, 3.63) is 29.8 Å². The largest absolute Gasteiger partial charge is 0.497 e. The van der Waals surface area contributed by atoms with E-state index in [0.29, 0.717) is 0 Å². The quantitative estimate of drug-likeness (QED) is 0.860. The van der Waals surface area contributed by atoms with Crippen molar-refractivity contribution in [3.8, 4) is 5.75 Å². The number of hydrogen-bond acceptors (Lipinski definition) is 2. The van der Waals surface area contributed by atoms with Gasteiger partial charge in [0.05, 0.1) is 7.11 Å². The first-order valence-electron chi connectivity index (χ1n) is 6.71. The van der Waals surface area contributed by atoms with Gasteiger partial charge in [0.2, 0.25) is 0 Å². The predicted molar refractivity (Wildman–Crippen MR) is 69.1 cm³/mol. The molecule has 0 spiro atoms. The van der Waals surface area contributed by atoms with Crippen molar-refractivity contribution < 1.29 is 4.74 Å². The van der Waals surface area contributed by atoms with E-state index in [-0.39, 0.29) is 0 Å². The van der Waals surface area contributed by atoms with Crippen molar-refractivity contribution in [1.82, 2.24) is 5.32 Å². The molecule has 1 aromatic rings. The minimum atomic E-state index is 0.774. The number of methoxy groups -OCH3 is 1. The average molecular weight is 231 g/mol. The Morgan fingerprint density at radius 1 is 1.18 bits per heavy atom. The summed E-state index contributed by atoms with van der Waals surface area (Å²) in [5, 5.41) is 3.73. The van der Waals surface area contributed by atoms with Crippen LogP contribution in [0.4, 0.5) is 0 Å². The fraction of sp³-hybridized carbons (Fsp3) is 0.600. The maximum Gasteiger partial charge on any atom is 0.118 e. The first-order chi connectivity index (χ1) is 8.35. The van der Waals surface area contributed by atoms with Crippen LogP contribution in [-0.2, 0) is 6.54 Å². The summed E-state index contributed by atoms with van der Waals surface area (Å²) in [5.74, 6) is 2.92. The number of hydrogen-bond donors (Lipinski definition) is 1. The summed E-state index contributed by atoms with van der Waals surface area (Å²) in [6.07, 6.45) is 5.80. The van der Waals surface area contributed by atoms with Gasteiger partial charge in [-0.1, -0.05) is 18.6 Å². The lowest BCUT2D eigenvalue weighted by molar-refractivity contribution is 0.350. The van der Waals surface area contributed by atoms with E-state index in [1.807, 2.05) is 12.1 Å². The lowest BCUT2D eigenvalue weighted by Gasteiger charge is -2.23. The van der Waals surface area contributed by atoms with E-state index in [4.69, 9.17) is 4.74 Å². The van der Waals surface area contributed by atoms with Crippen LogP contribution in [0.2, 0.25) is 0 Å². The number of nitrogens with one attached hydrogen (secondary N) is 1. The number of fused-ring (bicyclic) bond motifs is 2. The van der Waals surface area contributed by atoms with Crippen molar-refractivity contribution in [2.75, 3.05) is 7.11 Å². The highest BCUT2D eigenvalue weighted by Crippen LogP contribution is 2.44. The molecule has 1 N–H and O–H groups in total. The molecule has 3 rings (SSSR count). The van der Waals surface area contributed by atoms with E-state index < -0.39 is 0 Å². The minimum absolute atomic E-state index is 0.774. The SMILES string of the molecule is COc1ccc(CNC2CC3CCC2C3)cc1. The Kier molecular flexibility index (Phi) is 3.06. The van der Waals surface area contributed by atoms with Gasteiger partial charge >= 0.3 is 0 Å².